The van der Waals surface area contributed by atoms with E-state index < -0.39 is 0 Å². The minimum Gasteiger partial charge on any atom is -0.352 e. The Kier molecular flexibility index (Phi) is 4.29. The Morgan fingerprint density at radius 1 is 1.47 bits per heavy atom. The van der Waals surface area contributed by atoms with E-state index in [1.165, 1.54) is 6.92 Å². The van der Waals surface area contributed by atoms with Crippen LogP contribution in [0.1, 0.15) is 30.3 Å². The number of amides is 2. The molecule has 1 aliphatic heterocycles. The van der Waals surface area contributed by atoms with Crippen molar-refractivity contribution in [3.8, 4) is 0 Å². The number of nitrogens with zero attached hydrogens (tertiary/aromatic N) is 2. The maximum Gasteiger partial charge on any atom is 0.270 e. The summed E-state index contributed by atoms with van der Waals surface area (Å²) in [6.07, 6.45) is 3.71. The average Bonchev–Trinajstić information content (AvgIpc) is 2.67. The quantitative estimate of drug-likeness (QED) is 0.895. The van der Waals surface area contributed by atoms with Gasteiger partial charge >= 0.3 is 0 Å². The number of carbonyl (C=O) groups excluding carboxylic acids is 2. The number of carbonyl (C=O) groups is 2. The fourth-order valence-corrected chi connectivity index (χ4v) is 2.99. The van der Waals surface area contributed by atoms with E-state index in [0.29, 0.717) is 12.2 Å². The summed E-state index contributed by atoms with van der Waals surface area (Å²) < 4.78 is 2.71. The van der Waals surface area contributed by atoms with Crippen molar-refractivity contribution in [2.24, 2.45) is 7.05 Å². The molecule has 1 aliphatic rings. The molecule has 1 fully saturated rings. The molecule has 0 saturated carbocycles. The van der Waals surface area contributed by atoms with Crippen LogP contribution in [0.2, 0.25) is 0 Å². The number of aryl methyl sites for hydroxylation is 1. The van der Waals surface area contributed by atoms with Crippen molar-refractivity contribution < 1.29 is 9.59 Å². The first-order valence-electron chi connectivity index (χ1n) is 6.35. The van der Waals surface area contributed by atoms with Gasteiger partial charge in [0, 0.05) is 43.8 Å². The van der Waals surface area contributed by atoms with Gasteiger partial charge in [-0.1, -0.05) is 0 Å². The molecule has 0 bridgehead atoms. The predicted octanol–water partition coefficient (Wildman–Crippen LogP) is 1.53. The molecular weight excluding hydrogens is 310 g/mol. The van der Waals surface area contributed by atoms with Crippen molar-refractivity contribution in [3.63, 3.8) is 0 Å². The van der Waals surface area contributed by atoms with Gasteiger partial charge in [-0.3, -0.25) is 9.59 Å². The summed E-state index contributed by atoms with van der Waals surface area (Å²) in [6, 6.07) is 1.89. The lowest BCUT2D eigenvalue weighted by molar-refractivity contribution is -0.120. The summed E-state index contributed by atoms with van der Waals surface area (Å²) in [5.74, 6) is -0.0239. The summed E-state index contributed by atoms with van der Waals surface area (Å²) in [5, 5.41) is 2.89. The topological polar surface area (TPSA) is 54.3 Å². The molecule has 2 rings (SSSR count). The molecule has 1 atom stereocenters. The van der Waals surface area contributed by atoms with Gasteiger partial charge < -0.3 is 14.8 Å². The van der Waals surface area contributed by atoms with Crippen molar-refractivity contribution in [2.45, 2.75) is 25.8 Å². The van der Waals surface area contributed by atoms with Gasteiger partial charge in [-0.15, -0.1) is 0 Å². The van der Waals surface area contributed by atoms with E-state index >= 15 is 0 Å². The van der Waals surface area contributed by atoms with Crippen LogP contribution < -0.4 is 5.32 Å². The molecule has 1 unspecified atom stereocenters. The zero-order chi connectivity index (χ0) is 14.0. The third-order valence-electron chi connectivity index (χ3n) is 3.31. The first-order valence-corrected chi connectivity index (χ1v) is 7.15. The van der Waals surface area contributed by atoms with Crippen LogP contribution in [-0.2, 0) is 11.8 Å². The zero-order valence-electron chi connectivity index (χ0n) is 11.1. The monoisotopic (exact) mass is 327 g/mol. The standard InChI is InChI=1S/C13H18BrN3O2/c1-9(18)15-11-4-3-5-17(8-11)13(19)12-6-10(14)7-16(12)2/h6-7,11H,3-5,8H2,1-2H3,(H,15,18). The van der Waals surface area contributed by atoms with E-state index in [-0.39, 0.29) is 17.9 Å². The number of aromatic nitrogens is 1. The van der Waals surface area contributed by atoms with E-state index in [9.17, 15) is 9.59 Å². The summed E-state index contributed by atoms with van der Waals surface area (Å²) in [5.41, 5.74) is 0.662. The van der Waals surface area contributed by atoms with Crippen molar-refractivity contribution in [2.75, 3.05) is 13.1 Å². The van der Waals surface area contributed by atoms with E-state index in [4.69, 9.17) is 0 Å². The third-order valence-corrected chi connectivity index (χ3v) is 3.74. The highest BCUT2D eigenvalue weighted by atomic mass is 79.9. The van der Waals surface area contributed by atoms with Crippen LogP contribution in [-0.4, -0.2) is 40.4 Å². The Bertz CT molecular complexity index is 498. The third kappa shape index (κ3) is 3.37. The normalized spacial score (nSPS) is 19.3. The molecule has 5 nitrogen and oxygen atoms in total. The maximum absolute atomic E-state index is 12.4. The summed E-state index contributed by atoms with van der Waals surface area (Å²) in [4.78, 5) is 25.3. The minimum atomic E-state index is -0.0408. The predicted molar refractivity (Wildman–Crippen MR) is 75.9 cm³/mol. The molecule has 6 heteroatoms. The molecule has 1 aromatic heterocycles. The Labute approximate surface area is 121 Å². The lowest BCUT2D eigenvalue weighted by Crippen LogP contribution is -2.49. The molecule has 1 aromatic rings. The van der Waals surface area contributed by atoms with Crippen LogP contribution in [0.25, 0.3) is 0 Å². The van der Waals surface area contributed by atoms with Gasteiger partial charge in [-0.25, -0.2) is 0 Å². The largest absolute Gasteiger partial charge is 0.352 e. The molecule has 0 spiro atoms. The first-order chi connectivity index (χ1) is 8.97. The highest BCUT2D eigenvalue weighted by Crippen LogP contribution is 2.18. The van der Waals surface area contributed by atoms with Crippen LogP contribution in [0.15, 0.2) is 16.7 Å². The Balaban J connectivity index is 2.07. The van der Waals surface area contributed by atoms with Gasteiger partial charge in [0.1, 0.15) is 5.69 Å². The molecule has 19 heavy (non-hydrogen) atoms. The SMILES string of the molecule is CC(=O)NC1CCCN(C(=O)c2cc(Br)cn2C)C1. The number of hydrogen-bond acceptors (Lipinski definition) is 2. The maximum atomic E-state index is 12.4. The van der Waals surface area contributed by atoms with Gasteiger partial charge in [0.15, 0.2) is 0 Å². The second-order valence-electron chi connectivity index (χ2n) is 4.95. The van der Waals surface area contributed by atoms with Gasteiger partial charge in [0.05, 0.1) is 0 Å². The second kappa shape index (κ2) is 5.77. The summed E-state index contributed by atoms with van der Waals surface area (Å²) in [7, 11) is 1.85. The van der Waals surface area contributed by atoms with Crippen LogP contribution in [0.3, 0.4) is 0 Å². The van der Waals surface area contributed by atoms with Crippen LogP contribution in [0.4, 0.5) is 0 Å². The molecule has 104 valence electrons. The van der Waals surface area contributed by atoms with Crippen LogP contribution in [0.5, 0.6) is 0 Å². The Hall–Kier alpha value is -1.30. The lowest BCUT2D eigenvalue weighted by Gasteiger charge is -2.33. The number of rotatable bonds is 2. The minimum absolute atomic E-state index is 0.0169. The number of likely N-dealkylation sites (tertiary alicyclic amines) is 1. The fraction of sp³-hybridized carbons (Fsp3) is 0.538. The lowest BCUT2D eigenvalue weighted by atomic mass is 10.1. The second-order valence-corrected chi connectivity index (χ2v) is 5.86. The average molecular weight is 328 g/mol. The van der Waals surface area contributed by atoms with Crippen LogP contribution in [0, 0.1) is 0 Å². The zero-order valence-corrected chi connectivity index (χ0v) is 12.7. The van der Waals surface area contributed by atoms with Gasteiger partial charge in [0.25, 0.3) is 5.91 Å². The Morgan fingerprint density at radius 2 is 2.21 bits per heavy atom. The van der Waals surface area contributed by atoms with Crippen molar-refractivity contribution >= 4 is 27.7 Å². The highest BCUT2D eigenvalue weighted by molar-refractivity contribution is 9.10. The number of piperidine rings is 1. The number of nitrogens with one attached hydrogen (secondary N) is 1. The van der Waals surface area contributed by atoms with Gasteiger partial charge in [0.2, 0.25) is 5.91 Å². The van der Waals surface area contributed by atoms with E-state index in [0.717, 1.165) is 23.9 Å². The molecule has 1 saturated heterocycles. The summed E-state index contributed by atoms with van der Waals surface area (Å²) >= 11 is 3.37. The van der Waals surface area contributed by atoms with Crippen molar-refractivity contribution in [3.05, 3.63) is 22.4 Å². The highest BCUT2D eigenvalue weighted by Gasteiger charge is 2.26. The molecular formula is C13H18BrN3O2. The van der Waals surface area contributed by atoms with E-state index in [1.54, 1.807) is 0 Å². The molecule has 0 aromatic carbocycles. The van der Waals surface area contributed by atoms with E-state index in [2.05, 4.69) is 21.2 Å². The molecule has 2 heterocycles. The van der Waals surface area contributed by atoms with Gasteiger partial charge in [-0.2, -0.15) is 0 Å². The van der Waals surface area contributed by atoms with E-state index in [1.807, 2.05) is 28.8 Å². The van der Waals surface area contributed by atoms with Gasteiger partial charge in [-0.05, 0) is 34.8 Å². The molecule has 0 aliphatic carbocycles. The Morgan fingerprint density at radius 3 is 2.79 bits per heavy atom. The van der Waals surface area contributed by atoms with Crippen LogP contribution >= 0.6 is 15.9 Å². The fourth-order valence-electron chi connectivity index (χ4n) is 2.47. The molecule has 0 radical (unpaired) electrons. The number of halogens is 1. The first kappa shape index (κ1) is 14.1. The number of hydrogen-bond donors (Lipinski definition) is 1. The smallest absolute Gasteiger partial charge is 0.270 e. The van der Waals surface area contributed by atoms with Crippen molar-refractivity contribution in [1.29, 1.82) is 0 Å². The molecule has 2 amide bonds. The van der Waals surface area contributed by atoms with Crippen molar-refractivity contribution in [1.82, 2.24) is 14.8 Å². The summed E-state index contributed by atoms with van der Waals surface area (Å²) in [6.45, 7) is 2.84. The molecule has 1 N–H and O–H groups in total.